The van der Waals surface area contributed by atoms with Crippen LogP contribution in [-0.2, 0) is 0 Å². The highest BCUT2D eigenvalue weighted by molar-refractivity contribution is 5.60. The normalized spacial score (nSPS) is 12.0. The second kappa shape index (κ2) is 12.3. The molecule has 0 fully saturated rings. The van der Waals surface area contributed by atoms with Gasteiger partial charge in [0.25, 0.3) is 0 Å². The summed E-state index contributed by atoms with van der Waals surface area (Å²) in [5, 5.41) is 0. The smallest absolute Gasteiger partial charge is 0.137 e. The van der Waals surface area contributed by atoms with Gasteiger partial charge in [0.1, 0.15) is 24.3 Å². The van der Waals surface area contributed by atoms with Gasteiger partial charge in [-0.2, -0.15) is 0 Å². The Morgan fingerprint density at radius 1 is 0.852 bits per heavy atom. The molecule has 1 atom stereocenters. The van der Waals surface area contributed by atoms with Crippen molar-refractivity contribution in [3.63, 3.8) is 0 Å². The largest absolute Gasteiger partial charge is 0.494 e. The maximum absolute atomic E-state index is 13.9. The van der Waals surface area contributed by atoms with Gasteiger partial charge in [0, 0.05) is 5.56 Å². The van der Waals surface area contributed by atoms with E-state index in [1.54, 1.807) is 6.20 Å². The molecule has 0 N–H and O–H groups in total. The lowest BCUT2D eigenvalue weighted by molar-refractivity contribution is 0.183. The Balaban J connectivity index is 1.79. The Morgan fingerprint density at radius 3 is 2.26 bits per heavy atom. The molecule has 27 heavy (non-hydrogen) atoms. The van der Waals surface area contributed by atoms with Gasteiger partial charge in [-0.25, -0.2) is 4.39 Å². The molecule has 2 rings (SSSR count). The summed E-state index contributed by atoms with van der Waals surface area (Å²) in [5.41, 5.74) is 1.88. The quantitative estimate of drug-likeness (QED) is 0.370. The fourth-order valence-electron chi connectivity index (χ4n) is 2.76. The van der Waals surface area contributed by atoms with E-state index in [-0.39, 0.29) is 6.61 Å². The molecule has 1 aromatic heterocycles. The summed E-state index contributed by atoms with van der Waals surface area (Å²) in [4.78, 5) is 4.43. The molecule has 0 aliphatic heterocycles. The van der Waals surface area contributed by atoms with Crippen molar-refractivity contribution in [2.24, 2.45) is 0 Å². The summed E-state index contributed by atoms with van der Waals surface area (Å²) in [6, 6.07) is 11.7. The molecule has 1 unspecified atom stereocenters. The average molecular weight is 374 g/mol. The first-order valence-electron chi connectivity index (χ1n) is 10.2. The predicted molar refractivity (Wildman–Crippen MR) is 109 cm³/mol. The molecular weight excluding hydrogens is 341 g/mol. The number of aromatic nitrogens is 1. The van der Waals surface area contributed by atoms with Crippen LogP contribution < -0.4 is 9.47 Å². The fraction of sp³-hybridized carbons (Fsp3) is 0.522. The number of pyridine rings is 1. The van der Waals surface area contributed by atoms with Gasteiger partial charge in [0.05, 0.1) is 18.5 Å². The second-order valence-electron chi connectivity index (χ2n) is 6.86. The van der Waals surface area contributed by atoms with Crippen molar-refractivity contribution in [2.75, 3.05) is 13.2 Å². The summed E-state index contributed by atoms with van der Waals surface area (Å²) >= 11 is 0. The lowest BCUT2D eigenvalue weighted by atomic mass is 10.1. The van der Waals surface area contributed by atoms with Crippen molar-refractivity contribution in [2.45, 2.75) is 65.0 Å². The zero-order valence-electron chi connectivity index (χ0n) is 16.6. The van der Waals surface area contributed by atoms with Crippen LogP contribution in [0.2, 0.25) is 0 Å². The third-order valence-corrected chi connectivity index (χ3v) is 4.45. The highest BCUT2D eigenvalue weighted by Crippen LogP contribution is 2.23. The molecule has 148 valence electrons. The van der Waals surface area contributed by atoms with Gasteiger partial charge in [0.2, 0.25) is 0 Å². The lowest BCUT2D eigenvalue weighted by Gasteiger charge is -2.11. The fourth-order valence-corrected chi connectivity index (χ4v) is 2.76. The molecule has 3 nitrogen and oxygen atoms in total. The van der Waals surface area contributed by atoms with Gasteiger partial charge >= 0.3 is 0 Å². The Hall–Kier alpha value is -2.10. The minimum absolute atomic E-state index is 0.0942. The number of benzene rings is 1. The number of halogens is 1. The highest BCUT2D eigenvalue weighted by atomic mass is 19.1. The standard InChI is InChI=1S/C23H32FNO2/c1-3-5-7-8-9-20(24)18-27-22-14-15-23(25-17-22)19-10-12-21(13-11-19)26-16-6-4-2/h10-15,17,20H,3-9,16,18H2,1-2H3. The van der Waals surface area contributed by atoms with Crippen molar-refractivity contribution in [3.8, 4) is 22.8 Å². The van der Waals surface area contributed by atoms with E-state index >= 15 is 0 Å². The number of alkyl halides is 1. The summed E-state index contributed by atoms with van der Waals surface area (Å²) in [6.07, 6.45) is 7.85. The van der Waals surface area contributed by atoms with Gasteiger partial charge in [-0.15, -0.1) is 0 Å². The average Bonchev–Trinajstić information content (AvgIpc) is 2.71. The molecule has 0 radical (unpaired) electrons. The molecule has 2 aromatic rings. The molecule has 0 aliphatic carbocycles. The number of ether oxygens (including phenoxy) is 2. The minimum Gasteiger partial charge on any atom is -0.494 e. The third kappa shape index (κ3) is 7.98. The molecule has 1 heterocycles. The van der Waals surface area contributed by atoms with Gasteiger partial charge in [-0.1, -0.05) is 46.0 Å². The van der Waals surface area contributed by atoms with Crippen LogP contribution >= 0.6 is 0 Å². The Kier molecular flexibility index (Phi) is 9.67. The van der Waals surface area contributed by atoms with Crippen molar-refractivity contribution < 1.29 is 13.9 Å². The first kappa shape index (κ1) is 21.2. The number of unbranched alkanes of at least 4 members (excludes halogenated alkanes) is 4. The Morgan fingerprint density at radius 2 is 1.59 bits per heavy atom. The molecule has 0 spiro atoms. The van der Waals surface area contributed by atoms with Gasteiger partial charge in [0.15, 0.2) is 0 Å². The number of hydrogen-bond acceptors (Lipinski definition) is 3. The van der Waals surface area contributed by atoms with E-state index < -0.39 is 6.17 Å². The topological polar surface area (TPSA) is 31.4 Å². The summed E-state index contributed by atoms with van der Waals surface area (Å²) in [6.45, 7) is 5.14. The maximum atomic E-state index is 13.9. The predicted octanol–water partition coefficient (Wildman–Crippen LogP) is 6.61. The van der Waals surface area contributed by atoms with Gasteiger partial charge in [-0.3, -0.25) is 4.98 Å². The van der Waals surface area contributed by atoms with Crippen molar-refractivity contribution in [1.82, 2.24) is 4.98 Å². The van der Waals surface area contributed by atoms with Crippen molar-refractivity contribution in [3.05, 3.63) is 42.6 Å². The number of hydrogen-bond donors (Lipinski definition) is 0. The van der Waals surface area contributed by atoms with E-state index in [1.807, 2.05) is 36.4 Å². The van der Waals surface area contributed by atoms with Crippen LogP contribution in [0.3, 0.4) is 0 Å². The first-order valence-corrected chi connectivity index (χ1v) is 10.2. The summed E-state index contributed by atoms with van der Waals surface area (Å²) in [5.74, 6) is 1.48. The van der Waals surface area contributed by atoms with Crippen LogP contribution in [-0.4, -0.2) is 24.4 Å². The van der Waals surface area contributed by atoms with Crippen LogP contribution in [0, 0.1) is 0 Å². The Bertz CT molecular complexity index is 628. The number of rotatable bonds is 13. The molecule has 4 heteroatoms. The Labute approximate surface area is 162 Å². The molecule has 0 bridgehead atoms. The van der Waals surface area contributed by atoms with Crippen molar-refractivity contribution >= 4 is 0 Å². The summed E-state index contributed by atoms with van der Waals surface area (Å²) in [7, 11) is 0. The first-order chi connectivity index (χ1) is 13.2. The molecule has 1 aromatic carbocycles. The van der Waals surface area contributed by atoms with Gasteiger partial charge < -0.3 is 9.47 Å². The van der Waals surface area contributed by atoms with E-state index in [0.29, 0.717) is 12.2 Å². The van der Waals surface area contributed by atoms with E-state index in [9.17, 15) is 4.39 Å². The monoisotopic (exact) mass is 373 g/mol. The van der Waals surface area contributed by atoms with Crippen LogP contribution in [0.15, 0.2) is 42.6 Å². The van der Waals surface area contributed by atoms with Crippen molar-refractivity contribution in [1.29, 1.82) is 0 Å². The SMILES string of the molecule is CCCCCCC(F)COc1ccc(-c2ccc(OCCCC)cc2)nc1. The number of nitrogens with zero attached hydrogens (tertiary/aromatic N) is 1. The molecule has 0 saturated carbocycles. The second-order valence-corrected chi connectivity index (χ2v) is 6.86. The van der Waals surface area contributed by atoms with E-state index in [4.69, 9.17) is 9.47 Å². The van der Waals surface area contributed by atoms with E-state index in [0.717, 1.165) is 49.3 Å². The molecular formula is C23H32FNO2. The van der Waals surface area contributed by atoms with E-state index in [2.05, 4.69) is 18.8 Å². The van der Waals surface area contributed by atoms with Crippen LogP contribution in [0.1, 0.15) is 58.8 Å². The van der Waals surface area contributed by atoms with Crippen LogP contribution in [0.4, 0.5) is 4.39 Å². The third-order valence-electron chi connectivity index (χ3n) is 4.45. The molecule has 0 amide bonds. The lowest BCUT2D eigenvalue weighted by Crippen LogP contribution is -2.12. The maximum Gasteiger partial charge on any atom is 0.137 e. The zero-order chi connectivity index (χ0) is 19.3. The summed E-state index contributed by atoms with van der Waals surface area (Å²) < 4.78 is 25.1. The van der Waals surface area contributed by atoms with Gasteiger partial charge in [-0.05, 0) is 49.2 Å². The van der Waals surface area contributed by atoms with E-state index in [1.165, 1.54) is 12.8 Å². The molecule has 0 aliphatic rings. The highest BCUT2D eigenvalue weighted by Gasteiger charge is 2.08. The zero-order valence-corrected chi connectivity index (χ0v) is 16.6. The minimum atomic E-state index is -0.915. The van der Waals surface area contributed by atoms with Crippen LogP contribution in [0.25, 0.3) is 11.3 Å². The molecule has 0 saturated heterocycles. The van der Waals surface area contributed by atoms with Crippen LogP contribution in [0.5, 0.6) is 11.5 Å².